The molecule has 2 unspecified atom stereocenters. The number of benzene rings is 2. The maximum Gasteiger partial charge on any atom is 0.251 e. The van der Waals surface area contributed by atoms with Crippen LogP contribution >= 0.6 is 0 Å². The van der Waals surface area contributed by atoms with Crippen LogP contribution < -0.4 is 10.1 Å². The Morgan fingerprint density at radius 1 is 1.06 bits per heavy atom. The lowest BCUT2D eigenvalue weighted by molar-refractivity contribution is -0.136. The average Bonchev–Trinajstić information content (AvgIpc) is 3.10. The van der Waals surface area contributed by atoms with Gasteiger partial charge in [0.05, 0.1) is 12.2 Å². The molecule has 3 aromatic rings. The first kappa shape index (κ1) is 19.1. The van der Waals surface area contributed by atoms with Gasteiger partial charge in [0.2, 0.25) is 0 Å². The number of fused-ring (bicyclic) bond motifs is 3. The lowest BCUT2D eigenvalue weighted by atomic mass is 9.52. The second-order valence-corrected chi connectivity index (χ2v) is 9.74. The van der Waals surface area contributed by atoms with E-state index >= 15 is 0 Å². The molecule has 6 heteroatoms. The molecule has 4 bridgehead atoms. The van der Waals surface area contributed by atoms with Gasteiger partial charge in [0.1, 0.15) is 23.5 Å². The van der Waals surface area contributed by atoms with Crippen molar-refractivity contribution in [1.29, 1.82) is 0 Å². The first-order chi connectivity index (χ1) is 15.0. The minimum atomic E-state index is -0.498. The minimum absolute atomic E-state index is 0.0458. The number of hydrogen-bond acceptors (Lipinski definition) is 5. The molecule has 31 heavy (non-hydrogen) atoms. The number of aliphatic hydroxyl groups is 2. The molecule has 0 aliphatic heterocycles. The Balaban J connectivity index is 1.28. The van der Waals surface area contributed by atoms with Gasteiger partial charge in [-0.05, 0) is 86.3 Å². The largest absolute Gasteiger partial charge is 0.491 e. The smallest absolute Gasteiger partial charge is 0.251 e. The van der Waals surface area contributed by atoms with Crippen LogP contribution in [0, 0.1) is 17.8 Å². The van der Waals surface area contributed by atoms with Crippen LogP contribution in [0.4, 0.5) is 0 Å². The number of amides is 1. The number of hydrogen-bond donors (Lipinski definition) is 3. The van der Waals surface area contributed by atoms with E-state index in [0.717, 1.165) is 54.0 Å². The third kappa shape index (κ3) is 3.20. The second kappa shape index (κ2) is 6.97. The number of aliphatic hydroxyl groups excluding tert-OH is 1. The van der Waals surface area contributed by atoms with Crippen LogP contribution in [0.3, 0.4) is 0 Å². The second-order valence-electron chi connectivity index (χ2n) is 9.74. The molecule has 2 atom stereocenters. The summed E-state index contributed by atoms with van der Waals surface area (Å²) in [5, 5.41) is 24.9. The normalized spacial score (nSPS) is 31.4. The Morgan fingerprint density at radius 3 is 2.48 bits per heavy atom. The molecule has 6 nitrogen and oxygen atoms in total. The van der Waals surface area contributed by atoms with Gasteiger partial charge in [-0.1, -0.05) is 0 Å². The Hall–Kier alpha value is -2.57. The van der Waals surface area contributed by atoms with E-state index in [2.05, 4.69) is 5.32 Å². The summed E-state index contributed by atoms with van der Waals surface area (Å²) in [6, 6.07) is 11.2. The molecule has 4 saturated carbocycles. The van der Waals surface area contributed by atoms with Crippen molar-refractivity contribution in [2.45, 2.75) is 43.7 Å². The SMILES string of the molecule is O=C(NC1C2CC3CC1CC(O)(C3)C2)c1ccc2oc3ccc(OCCO)cc3c2c1. The van der Waals surface area contributed by atoms with Crippen molar-refractivity contribution < 1.29 is 24.2 Å². The molecule has 1 amide bonds. The fourth-order valence-electron chi connectivity index (χ4n) is 6.60. The Morgan fingerprint density at radius 2 is 1.77 bits per heavy atom. The van der Waals surface area contributed by atoms with Gasteiger partial charge in [0, 0.05) is 22.4 Å². The summed E-state index contributed by atoms with van der Waals surface area (Å²) in [6.07, 6.45) is 4.80. The number of furan rings is 1. The van der Waals surface area contributed by atoms with Crippen molar-refractivity contribution in [3.05, 3.63) is 42.0 Å². The van der Waals surface area contributed by atoms with Crippen molar-refractivity contribution in [2.75, 3.05) is 13.2 Å². The molecular formula is C25H27NO5. The van der Waals surface area contributed by atoms with E-state index in [-0.39, 0.29) is 25.2 Å². The van der Waals surface area contributed by atoms with Crippen molar-refractivity contribution in [1.82, 2.24) is 5.32 Å². The monoisotopic (exact) mass is 421 g/mol. The van der Waals surface area contributed by atoms with Gasteiger partial charge in [-0.25, -0.2) is 0 Å². The van der Waals surface area contributed by atoms with Crippen molar-refractivity contribution >= 4 is 27.8 Å². The number of carbonyl (C=O) groups excluding carboxylic acids is 1. The third-order valence-electron chi connectivity index (χ3n) is 7.60. The molecule has 0 spiro atoms. The highest BCUT2D eigenvalue weighted by Gasteiger charge is 2.55. The maximum absolute atomic E-state index is 13.2. The number of rotatable bonds is 5. The zero-order chi connectivity index (χ0) is 21.2. The predicted molar refractivity (Wildman–Crippen MR) is 116 cm³/mol. The molecular weight excluding hydrogens is 394 g/mol. The van der Waals surface area contributed by atoms with Crippen LogP contribution in [0.15, 0.2) is 40.8 Å². The molecule has 3 N–H and O–H groups in total. The zero-order valence-electron chi connectivity index (χ0n) is 17.3. The molecule has 162 valence electrons. The lowest BCUT2D eigenvalue weighted by Gasteiger charge is -2.58. The Kier molecular flexibility index (Phi) is 4.30. The van der Waals surface area contributed by atoms with Crippen LogP contribution in [0.1, 0.15) is 42.5 Å². The predicted octanol–water partition coefficient (Wildman–Crippen LogP) is 3.63. The fourth-order valence-corrected chi connectivity index (χ4v) is 6.60. The van der Waals surface area contributed by atoms with Gasteiger partial charge < -0.3 is 24.7 Å². The van der Waals surface area contributed by atoms with Gasteiger partial charge in [-0.3, -0.25) is 4.79 Å². The van der Waals surface area contributed by atoms with Gasteiger partial charge in [-0.2, -0.15) is 0 Å². The highest BCUT2D eigenvalue weighted by molar-refractivity contribution is 6.08. The number of carbonyl (C=O) groups is 1. The van der Waals surface area contributed by atoms with Crippen LogP contribution in [-0.4, -0.2) is 41.0 Å². The van der Waals surface area contributed by atoms with Crippen LogP contribution in [0.5, 0.6) is 5.75 Å². The van der Waals surface area contributed by atoms with Crippen molar-refractivity contribution in [2.24, 2.45) is 17.8 Å². The topological polar surface area (TPSA) is 91.9 Å². The third-order valence-corrected chi connectivity index (χ3v) is 7.60. The number of ether oxygens (including phenoxy) is 1. The standard InChI is InChI=1S/C25H27NO5/c27-5-6-30-18-2-4-22-20(10-18)19-9-15(1-3-21(19)31-22)24(28)26-23-16-7-14-8-17(23)13-25(29,11-14)12-16/h1-4,9-10,14,16-17,23,27,29H,5-8,11-13H2,(H,26,28). The summed E-state index contributed by atoms with van der Waals surface area (Å²) in [5.41, 5.74) is 1.58. The fraction of sp³-hybridized carbons (Fsp3) is 0.480. The first-order valence-electron chi connectivity index (χ1n) is 11.2. The molecule has 4 fully saturated rings. The van der Waals surface area contributed by atoms with E-state index in [1.807, 2.05) is 36.4 Å². The minimum Gasteiger partial charge on any atom is -0.491 e. The first-order valence-corrected chi connectivity index (χ1v) is 11.2. The lowest BCUT2D eigenvalue weighted by Crippen LogP contribution is -2.61. The Bertz CT molecular complexity index is 1150. The van der Waals surface area contributed by atoms with Crippen LogP contribution in [-0.2, 0) is 0 Å². The average molecular weight is 421 g/mol. The summed E-state index contributed by atoms with van der Waals surface area (Å²) in [7, 11) is 0. The summed E-state index contributed by atoms with van der Waals surface area (Å²) in [4.78, 5) is 13.2. The van der Waals surface area contributed by atoms with E-state index in [1.165, 1.54) is 0 Å². The van der Waals surface area contributed by atoms with E-state index in [9.17, 15) is 9.90 Å². The highest BCUT2D eigenvalue weighted by atomic mass is 16.5. The molecule has 2 aromatic carbocycles. The molecule has 1 aromatic heterocycles. The molecule has 0 saturated heterocycles. The van der Waals surface area contributed by atoms with E-state index in [4.69, 9.17) is 14.3 Å². The molecule has 7 rings (SSSR count). The van der Waals surface area contributed by atoms with E-state index in [1.54, 1.807) is 0 Å². The van der Waals surface area contributed by atoms with Gasteiger partial charge in [0.15, 0.2) is 0 Å². The molecule has 4 aliphatic carbocycles. The zero-order valence-corrected chi connectivity index (χ0v) is 17.3. The van der Waals surface area contributed by atoms with Crippen LogP contribution in [0.25, 0.3) is 21.9 Å². The summed E-state index contributed by atoms with van der Waals surface area (Å²) in [6.45, 7) is 0.185. The number of nitrogens with one attached hydrogen (secondary N) is 1. The molecule has 1 heterocycles. The van der Waals surface area contributed by atoms with E-state index in [0.29, 0.717) is 29.1 Å². The van der Waals surface area contributed by atoms with Gasteiger partial charge >= 0.3 is 0 Å². The summed E-state index contributed by atoms with van der Waals surface area (Å²) < 4.78 is 11.5. The summed E-state index contributed by atoms with van der Waals surface area (Å²) >= 11 is 0. The van der Waals surface area contributed by atoms with Crippen molar-refractivity contribution in [3.63, 3.8) is 0 Å². The maximum atomic E-state index is 13.2. The molecule has 0 radical (unpaired) electrons. The summed E-state index contributed by atoms with van der Waals surface area (Å²) in [5.74, 6) is 1.97. The van der Waals surface area contributed by atoms with Gasteiger partial charge in [0.25, 0.3) is 5.91 Å². The Labute approximate surface area is 180 Å². The van der Waals surface area contributed by atoms with Crippen LogP contribution in [0.2, 0.25) is 0 Å². The van der Waals surface area contributed by atoms with Crippen molar-refractivity contribution in [3.8, 4) is 5.75 Å². The highest BCUT2D eigenvalue weighted by Crippen LogP contribution is 2.55. The molecule has 4 aliphatic rings. The van der Waals surface area contributed by atoms with Gasteiger partial charge in [-0.15, -0.1) is 0 Å². The van der Waals surface area contributed by atoms with E-state index < -0.39 is 5.60 Å². The quantitative estimate of drug-likeness (QED) is 0.585.